The minimum atomic E-state index is -0.355. The van der Waals surface area contributed by atoms with Gasteiger partial charge in [-0.3, -0.25) is 0 Å². The summed E-state index contributed by atoms with van der Waals surface area (Å²) in [7, 11) is -0.355. The van der Waals surface area contributed by atoms with Gasteiger partial charge in [-0.25, -0.2) is 0 Å². The van der Waals surface area contributed by atoms with Crippen LogP contribution in [0.4, 0.5) is 0 Å². The predicted molar refractivity (Wildman–Crippen MR) is 234 cm³/mol. The van der Waals surface area contributed by atoms with Gasteiger partial charge in [0.25, 0.3) is 0 Å². The Balaban J connectivity index is 0.952. The van der Waals surface area contributed by atoms with Gasteiger partial charge in [0.1, 0.15) is 0 Å². The zero-order valence-corrected chi connectivity index (χ0v) is 32.1. The Morgan fingerprint density at radius 2 is 0.774 bits per heavy atom. The van der Waals surface area contributed by atoms with E-state index in [1.807, 2.05) is 0 Å². The molecular weight excluding hydrogens is 653 g/mol. The van der Waals surface area contributed by atoms with Crippen molar-refractivity contribution in [3.8, 4) is 22.3 Å². The van der Waals surface area contributed by atoms with Crippen LogP contribution in [-0.2, 0) is 0 Å². The number of hydrogen-bond donors (Lipinski definition) is 0. The summed E-state index contributed by atoms with van der Waals surface area (Å²) >= 11 is 0. The lowest BCUT2D eigenvalue weighted by molar-refractivity contribution is 0.830. The van der Waals surface area contributed by atoms with Crippen molar-refractivity contribution in [1.82, 2.24) is 0 Å². The molecule has 53 heavy (non-hydrogen) atoms. The zero-order valence-electron chi connectivity index (χ0n) is 30.7. The summed E-state index contributed by atoms with van der Waals surface area (Å²) in [5, 5.41) is 10.5. The third-order valence-electron chi connectivity index (χ3n) is 12.5. The topological polar surface area (TPSA) is 0 Å². The van der Waals surface area contributed by atoms with E-state index in [4.69, 9.17) is 0 Å². The van der Waals surface area contributed by atoms with E-state index in [0.717, 1.165) is 12.8 Å². The molecule has 0 aliphatic heterocycles. The molecule has 8 aromatic rings. The molecule has 0 saturated carbocycles. The van der Waals surface area contributed by atoms with Crippen molar-refractivity contribution in [3.05, 3.63) is 179 Å². The van der Waals surface area contributed by atoms with E-state index in [1.54, 1.807) is 22.3 Å². The number of hydrogen-bond acceptors (Lipinski definition) is 0. The fraction of sp³-hybridized carbons (Fsp3) is 0.154. The summed E-state index contributed by atoms with van der Waals surface area (Å²) in [5.74, 6) is 1.09. The zero-order chi connectivity index (χ0) is 35.5. The van der Waals surface area contributed by atoms with E-state index in [0.29, 0.717) is 11.8 Å². The van der Waals surface area contributed by atoms with Crippen molar-refractivity contribution < 1.29 is 0 Å². The van der Waals surface area contributed by atoms with Gasteiger partial charge in [-0.15, -0.1) is 0 Å². The molecule has 0 bridgehead atoms. The van der Waals surface area contributed by atoms with Crippen LogP contribution in [0.15, 0.2) is 157 Å². The first-order chi connectivity index (χ1) is 26.2. The van der Waals surface area contributed by atoms with Crippen molar-refractivity contribution in [3.63, 3.8) is 0 Å². The molecular formula is C52H44Si. The number of allylic oxidation sites excluding steroid dienone is 2. The summed E-state index contributed by atoms with van der Waals surface area (Å²) in [4.78, 5) is 0. The van der Waals surface area contributed by atoms with Crippen LogP contribution in [0.3, 0.4) is 0 Å². The summed E-state index contributed by atoms with van der Waals surface area (Å²) < 4.78 is 0. The van der Waals surface area contributed by atoms with E-state index >= 15 is 0 Å². The molecule has 2 unspecified atom stereocenters. The second kappa shape index (κ2) is 13.2. The van der Waals surface area contributed by atoms with E-state index in [-0.39, 0.29) is 9.52 Å². The lowest BCUT2D eigenvalue weighted by Gasteiger charge is -2.20. The first-order valence-corrected chi connectivity index (χ1v) is 21.7. The molecule has 0 fully saturated rings. The van der Waals surface area contributed by atoms with Crippen LogP contribution in [0.25, 0.3) is 77.5 Å². The van der Waals surface area contributed by atoms with Gasteiger partial charge >= 0.3 is 0 Å². The first-order valence-electron chi connectivity index (χ1n) is 19.7. The lowest BCUT2D eigenvalue weighted by Crippen LogP contribution is -2.08. The highest BCUT2D eigenvalue weighted by atomic mass is 28.2. The Kier molecular flexibility index (Phi) is 7.99. The molecule has 0 amide bonds. The van der Waals surface area contributed by atoms with Crippen LogP contribution in [0.2, 0.25) is 12.1 Å². The van der Waals surface area contributed by atoms with Crippen LogP contribution in [0, 0.1) is 0 Å². The molecule has 256 valence electrons. The minimum Gasteiger partial charge on any atom is -0.0626 e. The summed E-state index contributed by atoms with van der Waals surface area (Å²) in [5.41, 5.74) is 14.7. The van der Waals surface area contributed by atoms with Gasteiger partial charge in [0.05, 0.1) is 0 Å². The predicted octanol–water partition coefficient (Wildman–Crippen LogP) is 14.1. The molecule has 0 nitrogen and oxygen atoms in total. The van der Waals surface area contributed by atoms with Crippen molar-refractivity contribution >= 4 is 64.8 Å². The molecule has 0 heterocycles. The molecule has 0 spiro atoms. The number of rotatable bonds is 8. The molecule has 0 radical (unpaired) electrons. The molecule has 1 heteroatoms. The molecule has 0 N–H and O–H groups in total. The summed E-state index contributed by atoms with van der Waals surface area (Å²) in [6.07, 6.45) is 7.35. The Labute approximate surface area is 315 Å². The minimum absolute atomic E-state index is 0.355. The molecule has 2 atom stereocenters. The van der Waals surface area contributed by atoms with Crippen LogP contribution >= 0.6 is 0 Å². The SMILES string of the molecule is CCC1=Cc2c(-c3cccc4cc5ccccc5cc34)cccc2C1C[SiH2]CC1C(CC)=Cc2c(-c3cccc4cc5ccccc5cc34)cccc21. The third-order valence-corrected chi connectivity index (χ3v) is 14.4. The standard InChI is InChI=1S/C52H44Si/c1-3-33-27-49-43(41-19-9-17-39-25-35-13-5-7-15-37(35)29-47(39)41)21-11-23-45(49)51(33)31-53-32-52-34(4-2)28-50-44(22-12-24-46(50)52)42-20-10-18-40-26-36-14-6-8-16-38(36)30-48(40)42/h5-30,51-52H,3-4,31-32,53H2,1-2H3. The van der Waals surface area contributed by atoms with Gasteiger partial charge in [0.15, 0.2) is 0 Å². The Hall–Kier alpha value is -5.50. The second-order valence-corrected chi connectivity index (χ2v) is 17.1. The van der Waals surface area contributed by atoms with E-state index in [2.05, 4.69) is 172 Å². The Morgan fingerprint density at radius 1 is 0.396 bits per heavy atom. The Morgan fingerprint density at radius 3 is 1.21 bits per heavy atom. The summed E-state index contributed by atoms with van der Waals surface area (Å²) in [6, 6.07) is 57.5. The fourth-order valence-corrected chi connectivity index (χ4v) is 12.3. The molecule has 2 aliphatic rings. The molecule has 8 aromatic carbocycles. The maximum Gasteiger partial charge on any atom is 0.0218 e. The lowest BCUT2D eigenvalue weighted by atomic mass is 9.90. The van der Waals surface area contributed by atoms with Gasteiger partial charge in [0, 0.05) is 21.4 Å². The van der Waals surface area contributed by atoms with Crippen LogP contribution in [0.1, 0.15) is 60.8 Å². The van der Waals surface area contributed by atoms with Crippen molar-refractivity contribution in [2.45, 2.75) is 50.6 Å². The van der Waals surface area contributed by atoms with Gasteiger partial charge in [-0.2, -0.15) is 0 Å². The van der Waals surface area contributed by atoms with Gasteiger partial charge < -0.3 is 0 Å². The first kappa shape index (κ1) is 32.2. The molecule has 0 aromatic heterocycles. The number of fused-ring (bicyclic) bond motifs is 6. The van der Waals surface area contributed by atoms with Crippen molar-refractivity contribution in [1.29, 1.82) is 0 Å². The van der Waals surface area contributed by atoms with Crippen LogP contribution < -0.4 is 0 Å². The Bertz CT molecular complexity index is 2600. The smallest absolute Gasteiger partial charge is 0.0218 e. The second-order valence-electron chi connectivity index (χ2n) is 15.3. The average Bonchev–Trinajstić information content (AvgIpc) is 3.76. The highest BCUT2D eigenvalue weighted by Crippen LogP contribution is 2.48. The number of benzene rings is 8. The highest BCUT2D eigenvalue weighted by Gasteiger charge is 2.30. The average molecular weight is 697 g/mol. The van der Waals surface area contributed by atoms with E-state index < -0.39 is 0 Å². The van der Waals surface area contributed by atoms with E-state index in [1.165, 1.54) is 88.6 Å². The molecule has 0 saturated heterocycles. The normalized spacial score (nSPS) is 16.6. The van der Waals surface area contributed by atoms with Gasteiger partial charge in [-0.1, -0.05) is 171 Å². The maximum absolute atomic E-state index is 2.56. The van der Waals surface area contributed by atoms with Gasteiger partial charge in [-0.05, 0) is 125 Å². The van der Waals surface area contributed by atoms with Crippen LogP contribution in [-0.4, -0.2) is 9.52 Å². The van der Waals surface area contributed by atoms with Crippen molar-refractivity contribution in [2.75, 3.05) is 0 Å². The molecule has 2 aliphatic carbocycles. The highest BCUT2D eigenvalue weighted by molar-refractivity contribution is 6.36. The van der Waals surface area contributed by atoms with Crippen LogP contribution in [0.5, 0.6) is 0 Å². The summed E-state index contributed by atoms with van der Waals surface area (Å²) in [6.45, 7) is 4.72. The van der Waals surface area contributed by atoms with Gasteiger partial charge in [0.2, 0.25) is 0 Å². The monoisotopic (exact) mass is 696 g/mol. The third kappa shape index (κ3) is 5.41. The largest absolute Gasteiger partial charge is 0.0626 e. The quantitative estimate of drug-likeness (QED) is 0.110. The molecule has 10 rings (SSSR count). The van der Waals surface area contributed by atoms with E-state index in [9.17, 15) is 0 Å². The maximum atomic E-state index is 2.56. The fourth-order valence-electron chi connectivity index (χ4n) is 9.85. The van der Waals surface area contributed by atoms with Crippen molar-refractivity contribution in [2.24, 2.45) is 0 Å².